The zero-order chi connectivity index (χ0) is 9.52. The Labute approximate surface area is 80.4 Å². The number of piperidine rings is 1. The van der Waals surface area contributed by atoms with E-state index in [1.807, 2.05) is 0 Å². The molecule has 0 bridgehead atoms. The number of likely N-dealkylation sites (tertiary alicyclic amines) is 1. The maximum absolute atomic E-state index is 8.78. The summed E-state index contributed by atoms with van der Waals surface area (Å²) in [6.45, 7) is 3.95. The van der Waals surface area contributed by atoms with E-state index in [4.69, 9.17) is 10.2 Å². The van der Waals surface area contributed by atoms with Crippen LogP contribution in [0, 0.1) is 5.92 Å². The average Bonchev–Trinajstić information content (AvgIpc) is 2.17. The molecule has 1 heterocycles. The second kappa shape index (κ2) is 6.35. The minimum atomic E-state index is 0.302. The molecule has 3 heteroatoms. The highest BCUT2D eigenvalue weighted by Gasteiger charge is 2.17. The summed E-state index contributed by atoms with van der Waals surface area (Å²) in [6, 6.07) is 0. The van der Waals surface area contributed by atoms with Crippen LogP contribution in [0.3, 0.4) is 0 Å². The van der Waals surface area contributed by atoms with Crippen LogP contribution in [0.1, 0.15) is 25.7 Å². The third kappa shape index (κ3) is 4.07. The van der Waals surface area contributed by atoms with E-state index in [1.165, 1.54) is 12.8 Å². The monoisotopic (exact) mass is 187 g/mol. The fourth-order valence-corrected chi connectivity index (χ4v) is 1.98. The second-order valence-corrected chi connectivity index (χ2v) is 3.87. The molecule has 1 saturated heterocycles. The van der Waals surface area contributed by atoms with Gasteiger partial charge in [-0.05, 0) is 44.7 Å². The van der Waals surface area contributed by atoms with Gasteiger partial charge in [-0.2, -0.15) is 0 Å². The van der Waals surface area contributed by atoms with Crippen LogP contribution in [0.5, 0.6) is 0 Å². The Kier molecular flexibility index (Phi) is 5.35. The molecule has 1 aliphatic rings. The van der Waals surface area contributed by atoms with E-state index in [2.05, 4.69) is 4.90 Å². The Morgan fingerprint density at radius 2 is 1.77 bits per heavy atom. The molecule has 0 aromatic carbocycles. The SMILES string of the molecule is OCCCN1CCC(CCO)CC1. The maximum Gasteiger partial charge on any atom is 0.0443 e. The lowest BCUT2D eigenvalue weighted by molar-refractivity contribution is 0.148. The first kappa shape index (κ1) is 11.0. The van der Waals surface area contributed by atoms with Gasteiger partial charge in [0.15, 0.2) is 0 Å². The molecule has 3 nitrogen and oxygen atoms in total. The molecule has 1 aliphatic heterocycles. The zero-order valence-corrected chi connectivity index (χ0v) is 8.28. The maximum atomic E-state index is 8.78. The lowest BCUT2D eigenvalue weighted by Gasteiger charge is -2.31. The number of hydrogen-bond donors (Lipinski definition) is 2. The second-order valence-electron chi connectivity index (χ2n) is 3.87. The first-order valence-corrected chi connectivity index (χ1v) is 5.31. The van der Waals surface area contributed by atoms with Crippen LogP contribution in [0.4, 0.5) is 0 Å². The van der Waals surface area contributed by atoms with E-state index < -0.39 is 0 Å². The molecule has 0 aromatic rings. The third-order valence-electron chi connectivity index (χ3n) is 2.88. The molecule has 0 unspecified atom stereocenters. The Balaban J connectivity index is 2.08. The van der Waals surface area contributed by atoms with E-state index in [1.54, 1.807) is 0 Å². The standard InChI is InChI=1S/C10H21NO2/c12-8-1-5-11-6-2-10(3-7-11)4-9-13/h10,12-13H,1-9H2. The lowest BCUT2D eigenvalue weighted by Crippen LogP contribution is -2.34. The number of aliphatic hydroxyl groups excluding tert-OH is 2. The van der Waals surface area contributed by atoms with Gasteiger partial charge in [-0.25, -0.2) is 0 Å². The number of rotatable bonds is 5. The Morgan fingerprint density at radius 1 is 1.08 bits per heavy atom. The molecule has 78 valence electrons. The highest BCUT2D eigenvalue weighted by atomic mass is 16.3. The highest BCUT2D eigenvalue weighted by Crippen LogP contribution is 2.19. The van der Waals surface area contributed by atoms with Gasteiger partial charge < -0.3 is 15.1 Å². The summed E-state index contributed by atoms with van der Waals surface area (Å²) in [6.07, 6.45) is 4.29. The third-order valence-corrected chi connectivity index (χ3v) is 2.88. The topological polar surface area (TPSA) is 43.7 Å². The zero-order valence-electron chi connectivity index (χ0n) is 8.28. The normalized spacial score (nSPS) is 20.8. The molecular weight excluding hydrogens is 166 g/mol. The first-order valence-electron chi connectivity index (χ1n) is 5.31. The number of aliphatic hydroxyl groups is 2. The summed E-state index contributed by atoms with van der Waals surface area (Å²) < 4.78 is 0. The predicted molar refractivity (Wildman–Crippen MR) is 52.6 cm³/mol. The molecule has 0 atom stereocenters. The minimum absolute atomic E-state index is 0.302. The van der Waals surface area contributed by atoms with Gasteiger partial charge >= 0.3 is 0 Å². The predicted octanol–water partition coefficient (Wildman–Crippen LogP) is 0.463. The van der Waals surface area contributed by atoms with Crippen molar-refractivity contribution >= 4 is 0 Å². The van der Waals surface area contributed by atoms with Gasteiger partial charge in [-0.1, -0.05) is 0 Å². The molecule has 1 rings (SSSR count). The first-order chi connectivity index (χ1) is 6.36. The molecular formula is C10H21NO2. The van der Waals surface area contributed by atoms with Gasteiger partial charge in [0.2, 0.25) is 0 Å². The molecule has 13 heavy (non-hydrogen) atoms. The molecule has 0 amide bonds. The van der Waals surface area contributed by atoms with Crippen molar-refractivity contribution < 1.29 is 10.2 Å². The lowest BCUT2D eigenvalue weighted by atomic mass is 9.94. The fourth-order valence-electron chi connectivity index (χ4n) is 1.98. The van der Waals surface area contributed by atoms with Crippen molar-refractivity contribution in [1.29, 1.82) is 0 Å². The van der Waals surface area contributed by atoms with E-state index in [-0.39, 0.29) is 0 Å². The highest BCUT2D eigenvalue weighted by molar-refractivity contribution is 4.71. The summed E-state index contributed by atoms with van der Waals surface area (Å²) in [5.74, 6) is 0.732. The summed E-state index contributed by atoms with van der Waals surface area (Å²) in [5.41, 5.74) is 0. The minimum Gasteiger partial charge on any atom is -0.396 e. The summed E-state index contributed by atoms with van der Waals surface area (Å²) in [4.78, 5) is 2.41. The number of hydrogen-bond acceptors (Lipinski definition) is 3. The van der Waals surface area contributed by atoms with Gasteiger partial charge in [0.1, 0.15) is 0 Å². The van der Waals surface area contributed by atoms with Crippen LogP contribution in [0.15, 0.2) is 0 Å². The van der Waals surface area contributed by atoms with Gasteiger partial charge in [-0.3, -0.25) is 0 Å². The van der Waals surface area contributed by atoms with Crippen molar-refractivity contribution in [2.75, 3.05) is 32.8 Å². The molecule has 0 saturated carbocycles. The molecule has 0 aromatic heterocycles. The van der Waals surface area contributed by atoms with Crippen LogP contribution in [0.25, 0.3) is 0 Å². The van der Waals surface area contributed by atoms with E-state index in [0.29, 0.717) is 13.2 Å². The van der Waals surface area contributed by atoms with Crippen LogP contribution in [-0.2, 0) is 0 Å². The quantitative estimate of drug-likeness (QED) is 0.657. The van der Waals surface area contributed by atoms with Crippen molar-refractivity contribution in [3.8, 4) is 0 Å². The van der Waals surface area contributed by atoms with Crippen LogP contribution < -0.4 is 0 Å². The molecule has 1 fully saturated rings. The van der Waals surface area contributed by atoms with Gasteiger partial charge in [0, 0.05) is 19.8 Å². The van der Waals surface area contributed by atoms with Gasteiger partial charge in [0.05, 0.1) is 0 Å². The number of nitrogens with zero attached hydrogens (tertiary/aromatic N) is 1. The largest absolute Gasteiger partial charge is 0.396 e. The Morgan fingerprint density at radius 3 is 2.31 bits per heavy atom. The van der Waals surface area contributed by atoms with E-state index in [0.717, 1.165) is 38.4 Å². The summed E-state index contributed by atoms with van der Waals surface area (Å²) in [5, 5.41) is 17.5. The molecule has 0 aliphatic carbocycles. The summed E-state index contributed by atoms with van der Waals surface area (Å²) in [7, 11) is 0. The Hall–Kier alpha value is -0.120. The van der Waals surface area contributed by atoms with Crippen molar-refractivity contribution in [2.45, 2.75) is 25.7 Å². The van der Waals surface area contributed by atoms with Crippen molar-refractivity contribution in [3.05, 3.63) is 0 Å². The smallest absolute Gasteiger partial charge is 0.0443 e. The van der Waals surface area contributed by atoms with Crippen molar-refractivity contribution in [1.82, 2.24) is 4.90 Å². The average molecular weight is 187 g/mol. The Bertz CT molecular complexity index is 122. The van der Waals surface area contributed by atoms with E-state index in [9.17, 15) is 0 Å². The summed E-state index contributed by atoms with van der Waals surface area (Å²) >= 11 is 0. The van der Waals surface area contributed by atoms with Crippen molar-refractivity contribution in [2.24, 2.45) is 5.92 Å². The van der Waals surface area contributed by atoms with Crippen LogP contribution >= 0.6 is 0 Å². The van der Waals surface area contributed by atoms with Gasteiger partial charge in [0.25, 0.3) is 0 Å². The fraction of sp³-hybridized carbons (Fsp3) is 1.00. The molecule has 2 N–H and O–H groups in total. The van der Waals surface area contributed by atoms with Gasteiger partial charge in [-0.15, -0.1) is 0 Å². The molecule has 0 radical (unpaired) electrons. The van der Waals surface area contributed by atoms with E-state index >= 15 is 0 Å². The molecule has 0 spiro atoms. The van der Waals surface area contributed by atoms with Crippen LogP contribution in [-0.4, -0.2) is 48.0 Å². The van der Waals surface area contributed by atoms with Crippen molar-refractivity contribution in [3.63, 3.8) is 0 Å². The van der Waals surface area contributed by atoms with Crippen LogP contribution in [0.2, 0.25) is 0 Å².